The number of hydrogen-bond acceptors (Lipinski definition) is 2. The topological polar surface area (TPSA) is 41.5 Å². The van der Waals surface area contributed by atoms with E-state index in [1.807, 2.05) is 36.5 Å². The molecule has 0 unspecified atom stereocenters. The summed E-state index contributed by atoms with van der Waals surface area (Å²) in [7, 11) is 0. The van der Waals surface area contributed by atoms with E-state index in [0.29, 0.717) is 6.42 Å². The van der Waals surface area contributed by atoms with E-state index in [2.05, 4.69) is 10.5 Å². The molecule has 0 aromatic heterocycles. The van der Waals surface area contributed by atoms with Gasteiger partial charge in [0.15, 0.2) is 0 Å². The van der Waals surface area contributed by atoms with Crippen molar-refractivity contribution in [1.29, 1.82) is 0 Å². The van der Waals surface area contributed by atoms with Gasteiger partial charge in [0.2, 0.25) is 5.91 Å². The fraction of sp³-hybridized carbons (Fsp3) is 0.529. The van der Waals surface area contributed by atoms with Gasteiger partial charge >= 0.3 is 0 Å². The van der Waals surface area contributed by atoms with Gasteiger partial charge in [-0.3, -0.25) is 4.79 Å². The van der Waals surface area contributed by atoms with Crippen LogP contribution in [0.1, 0.15) is 50.5 Å². The molecule has 1 saturated carbocycles. The van der Waals surface area contributed by atoms with Crippen molar-refractivity contribution >= 4 is 12.1 Å². The summed E-state index contributed by atoms with van der Waals surface area (Å²) >= 11 is 0. The molecule has 1 aliphatic carbocycles. The molecular formula is C17H24N2O. The van der Waals surface area contributed by atoms with Gasteiger partial charge < -0.3 is 0 Å². The highest BCUT2D eigenvalue weighted by atomic mass is 16.2. The summed E-state index contributed by atoms with van der Waals surface area (Å²) < 4.78 is 0. The molecule has 1 fully saturated rings. The molecule has 3 nitrogen and oxygen atoms in total. The monoisotopic (exact) mass is 272 g/mol. The van der Waals surface area contributed by atoms with Gasteiger partial charge in [0.1, 0.15) is 0 Å². The molecule has 1 N–H and O–H groups in total. The fourth-order valence-corrected chi connectivity index (χ4v) is 2.79. The van der Waals surface area contributed by atoms with Gasteiger partial charge in [0, 0.05) is 6.21 Å². The van der Waals surface area contributed by atoms with Crippen LogP contribution in [-0.2, 0) is 11.2 Å². The van der Waals surface area contributed by atoms with Gasteiger partial charge in [-0.15, -0.1) is 0 Å². The van der Waals surface area contributed by atoms with Gasteiger partial charge in [-0.2, -0.15) is 5.10 Å². The Labute approximate surface area is 121 Å². The first kappa shape index (κ1) is 14.8. The number of nitrogens with one attached hydrogen (secondary N) is 1. The summed E-state index contributed by atoms with van der Waals surface area (Å²) in [4.78, 5) is 11.7. The molecular weight excluding hydrogens is 248 g/mol. The average molecular weight is 272 g/mol. The molecule has 3 heteroatoms. The van der Waals surface area contributed by atoms with Crippen molar-refractivity contribution in [3.63, 3.8) is 0 Å². The summed E-state index contributed by atoms with van der Waals surface area (Å²) in [6, 6.07) is 9.73. The highest BCUT2D eigenvalue weighted by Gasteiger charge is 2.11. The highest BCUT2D eigenvalue weighted by Crippen LogP contribution is 2.26. The normalized spacial score (nSPS) is 16.4. The lowest BCUT2D eigenvalue weighted by Gasteiger charge is -2.20. The van der Waals surface area contributed by atoms with Gasteiger partial charge in [-0.05, 0) is 24.3 Å². The van der Waals surface area contributed by atoms with Crippen molar-refractivity contribution in [1.82, 2.24) is 5.43 Å². The van der Waals surface area contributed by atoms with Crippen molar-refractivity contribution in [3.05, 3.63) is 35.9 Å². The molecule has 0 aliphatic heterocycles. The van der Waals surface area contributed by atoms with Gasteiger partial charge in [-0.1, -0.05) is 62.4 Å². The first-order valence-electron chi connectivity index (χ1n) is 7.69. The molecule has 0 saturated heterocycles. The minimum atomic E-state index is -0.0508. The summed E-state index contributed by atoms with van der Waals surface area (Å²) in [6.07, 6.45) is 11.3. The second-order valence-corrected chi connectivity index (χ2v) is 5.59. The van der Waals surface area contributed by atoms with E-state index in [-0.39, 0.29) is 5.91 Å². The zero-order valence-electron chi connectivity index (χ0n) is 12.1. The maximum absolute atomic E-state index is 11.7. The van der Waals surface area contributed by atoms with Gasteiger partial charge in [-0.25, -0.2) is 5.43 Å². The molecule has 2 rings (SSSR count). The van der Waals surface area contributed by atoms with Crippen LogP contribution in [0.3, 0.4) is 0 Å². The number of nitrogens with zero attached hydrogens (tertiary/aromatic N) is 1. The lowest BCUT2D eigenvalue weighted by molar-refractivity contribution is -0.120. The van der Waals surface area contributed by atoms with Crippen LogP contribution < -0.4 is 5.43 Å². The molecule has 108 valence electrons. The number of rotatable bonds is 6. The average Bonchev–Trinajstić information content (AvgIpc) is 2.49. The Balaban J connectivity index is 1.59. The smallest absolute Gasteiger partial charge is 0.244 e. The van der Waals surface area contributed by atoms with Crippen molar-refractivity contribution in [3.8, 4) is 0 Å². The Morgan fingerprint density at radius 3 is 2.70 bits per heavy atom. The number of amides is 1. The highest BCUT2D eigenvalue weighted by molar-refractivity contribution is 5.79. The Bertz CT molecular complexity index is 422. The van der Waals surface area contributed by atoms with E-state index in [0.717, 1.165) is 17.9 Å². The summed E-state index contributed by atoms with van der Waals surface area (Å²) in [5.74, 6) is 0.820. The third-order valence-corrected chi connectivity index (χ3v) is 3.92. The van der Waals surface area contributed by atoms with Crippen LogP contribution in [0.5, 0.6) is 0 Å². The maximum atomic E-state index is 11.7. The van der Waals surface area contributed by atoms with Crippen LogP contribution in [0.4, 0.5) is 0 Å². The number of carbonyl (C=O) groups is 1. The molecule has 0 bridgehead atoms. The summed E-state index contributed by atoms with van der Waals surface area (Å²) in [6.45, 7) is 0. The van der Waals surface area contributed by atoms with E-state index in [1.54, 1.807) is 0 Å². The zero-order chi connectivity index (χ0) is 14.0. The van der Waals surface area contributed by atoms with E-state index >= 15 is 0 Å². The zero-order valence-corrected chi connectivity index (χ0v) is 12.1. The molecule has 1 amide bonds. The predicted octanol–water partition coefficient (Wildman–Crippen LogP) is 3.69. The van der Waals surface area contributed by atoms with Crippen LogP contribution >= 0.6 is 0 Å². The fourth-order valence-electron chi connectivity index (χ4n) is 2.79. The van der Waals surface area contributed by atoms with Crippen molar-refractivity contribution < 1.29 is 4.79 Å². The van der Waals surface area contributed by atoms with Crippen LogP contribution in [0, 0.1) is 5.92 Å². The van der Waals surface area contributed by atoms with Crippen molar-refractivity contribution in [2.24, 2.45) is 11.0 Å². The van der Waals surface area contributed by atoms with Gasteiger partial charge in [0.05, 0.1) is 6.42 Å². The van der Waals surface area contributed by atoms with Crippen LogP contribution in [-0.4, -0.2) is 12.1 Å². The molecule has 0 spiro atoms. The Morgan fingerprint density at radius 2 is 1.95 bits per heavy atom. The van der Waals surface area contributed by atoms with Crippen LogP contribution in [0.15, 0.2) is 35.4 Å². The second-order valence-electron chi connectivity index (χ2n) is 5.59. The van der Waals surface area contributed by atoms with Crippen molar-refractivity contribution in [2.45, 2.75) is 51.4 Å². The third-order valence-electron chi connectivity index (χ3n) is 3.92. The minimum absolute atomic E-state index is 0.0508. The van der Waals surface area contributed by atoms with Gasteiger partial charge in [0.25, 0.3) is 0 Å². The largest absolute Gasteiger partial charge is 0.273 e. The molecule has 20 heavy (non-hydrogen) atoms. The molecule has 1 aromatic carbocycles. The number of benzene rings is 1. The van der Waals surface area contributed by atoms with Crippen molar-refractivity contribution in [2.75, 3.05) is 0 Å². The van der Waals surface area contributed by atoms with E-state index in [4.69, 9.17) is 0 Å². The van der Waals surface area contributed by atoms with Crippen LogP contribution in [0.2, 0.25) is 0 Å². The first-order chi connectivity index (χ1) is 9.84. The molecule has 1 aliphatic rings. The number of carbonyl (C=O) groups excluding carboxylic acids is 1. The Kier molecular flexibility index (Phi) is 6.28. The number of hydrogen-bond donors (Lipinski definition) is 1. The quantitative estimate of drug-likeness (QED) is 0.622. The van der Waals surface area contributed by atoms with E-state index in [9.17, 15) is 4.79 Å². The molecule has 0 radical (unpaired) electrons. The SMILES string of the molecule is O=C(Cc1ccccc1)NN=CCCC1CCCCC1. The van der Waals surface area contributed by atoms with Crippen LogP contribution in [0.25, 0.3) is 0 Å². The van der Waals surface area contributed by atoms with E-state index in [1.165, 1.54) is 38.5 Å². The predicted molar refractivity (Wildman–Crippen MR) is 82.6 cm³/mol. The minimum Gasteiger partial charge on any atom is -0.273 e. The molecule has 1 aromatic rings. The van der Waals surface area contributed by atoms with E-state index < -0.39 is 0 Å². The third kappa shape index (κ3) is 5.55. The number of hydrazone groups is 1. The maximum Gasteiger partial charge on any atom is 0.244 e. The lowest BCUT2D eigenvalue weighted by atomic mass is 9.86. The Hall–Kier alpha value is -1.64. The first-order valence-corrected chi connectivity index (χ1v) is 7.69. The second kappa shape index (κ2) is 8.51. The summed E-state index contributed by atoms with van der Waals surface area (Å²) in [5.41, 5.74) is 3.62. The lowest BCUT2D eigenvalue weighted by Crippen LogP contribution is -2.19. The standard InChI is InChI=1S/C17H24N2O/c20-17(14-16-10-5-2-6-11-16)19-18-13-7-12-15-8-3-1-4-9-15/h2,5-6,10-11,13,15H,1,3-4,7-9,12,14H2,(H,19,20). The molecule has 0 heterocycles. The summed E-state index contributed by atoms with van der Waals surface area (Å²) in [5, 5.41) is 4.03. The molecule has 0 atom stereocenters. The Morgan fingerprint density at radius 1 is 1.20 bits per heavy atom.